The fraction of sp³-hybridized carbons (Fsp3) is 0.688. The van der Waals surface area contributed by atoms with Crippen LogP contribution in [0.15, 0.2) is 18.3 Å². The highest BCUT2D eigenvalue weighted by atomic mass is 16.5. The quantitative estimate of drug-likeness (QED) is 0.883. The molecule has 2 aliphatic carbocycles. The molecule has 104 valence electrons. The van der Waals surface area contributed by atoms with Crippen LogP contribution in [0.3, 0.4) is 0 Å². The molecule has 0 aromatic carbocycles. The minimum Gasteiger partial charge on any atom is -0.495 e. The van der Waals surface area contributed by atoms with Crippen LogP contribution in [0.5, 0.6) is 5.75 Å². The smallest absolute Gasteiger partial charge is 0.140 e. The Labute approximate surface area is 115 Å². The molecule has 0 aliphatic heterocycles. The maximum atomic E-state index is 5.50. The summed E-state index contributed by atoms with van der Waals surface area (Å²) in [6, 6.07) is 4.80. The van der Waals surface area contributed by atoms with Crippen LogP contribution < -0.4 is 10.1 Å². The van der Waals surface area contributed by atoms with Gasteiger partial charge in [-0.05, 0) is 50.3 Å². The topological polar surface area (TPSA) is 34.1 Å². The summed E-state index contributed by atoms with van der Waals surface area (Å²) in [5, 5.41) is 3.69. The third-order valence-corrected chi connectivity index (χ3v) is 4.53. The van der Waals surface area contributed by atoms with E-state index in [0.29, 0.717) is 5.92 Å². The number of pyridine rings is 1. The Morgan fingerprint density at radius 2 is 2.11 bits per heavy atom. The second kappa shape index (κ2) is 5.91. The number of rotatable bonds is 5. The molecule has 2 fully saturated rings. The maximum Gasteiger partial charge on any atom is 0.140 e. The zero-order valence-electron chi connectivity index (χ0n) is 11.8. The zero-order valence-corrected chi connectivity index (χ0v) is 11.8. The third-order valence-electron chi connectivity index (χ3n) is 4.53. The number of ether oxygens (including phenoxy) is 1. The van der Waals surface area contributed by atoms with Crippen LogP contribution in [0.1, 0.15) is 50.1 Å². The van der Waals surface area contributed by atoms with Crippen LogP contribution >= 0.6 is 0 Å². The standard InChI is InChI=1S/C16H24N2O/c1-19-15-7-4-10-17-16(15)14-6-3-2-5-12(14)11-18-13-8-9-13/h4,7,10,12-14,18H,2-3,5-6,8-9,11H2,1H3. The number of aromatic nitrogens is 1. The lowest BCUT2D eigenvalue weighted by atomic mass is 9.77. The van der Waals surface area contributed by atoms with E-state index in [1.165, 1.54) is 44.2 Å². The summed E-state index contributed by atoms with van der Waals surface area (Å²) in [7, 11) is 1.75. The van der Waals surface area contributed by atoms with E-state index in [0.717, 1.165) is 24.3 Å². The summed E-state index contributed by atoms with van der Waals surface area (Å²) in [6.07, 6.45) is 9.90. The van der Waals surface area contributed by atoms with E-state index in [1.54, 1.807) is 7.11 Å². The number of methoxy groups -OCH3 is 1. The molecular formula is C16H24N2O. The molecule has 3 nitrogen and oxygen atoms in total. The van der Waals surface area contributed by atoms with Crippen molar-refractivity contribution in [2.45, 2.75) is 50.5 Å². The molecule has 3 heteroatoms. The minimum absolute atomic E-state index is 0.566. The van der Waals surface area contributed by atoms with E-state index in [4.69, 9.17) is 4.74 Å². The Bertz CT molecular complexity index is 417. The molecule has 1 aromatic rings. The van der Waals surface area contributed by atoms with Crippen molar-refractivity contribution in [1.29, 1.82) is 0 Å². The minimum atomic E-state index is 0.566. The van der Waals surface area contributed by atoms with E-state index in [1.807, 2.05) is 18.3 Å². The van der Waals surface area contributed by atoms with Crippen LogP contribution in [0.4, 0.5) is 0 Å². The van der Waals surface area contributed by atoms with Crippen molar-refractivity contribution in [3.63, 3.8) is 0 Å². The predicted octanol–water partition coefficient (Wildman–Crippen LogP) is 3.12. The number of hydrogen-bond acceptors (Lipinski definition) is 3. The van der Waals surface area contributed by atoms with E-state index in [2.05, 4.69) is 10.3 Å². The van der Waals surface area contributed by atoms with E-state index in [9.17, 15) is 0 Å². The van der Waals surface area contributed by atoms with Gasteiger partial charge in [0.2, 0.25) is 0 Å². The Morgan fingerprint density at radius 3 is 2.89 bits per heavy atom. The molecule has 1 heterocycles. The fourth-order valence-electron chi connectivity index (χ4n) is 3.27. The summed E-state index contributed by atoms with van der Waals surface area (Å²) >= 11 is 0. The van der Waals surface area contributed by atoms with Crippen LogP contribution in [-0.2, 0) is 0 Å². The molecule has 0 bridgehead atoms. The van der Waals surface area contributed by atoms with Gasteiger partial charge in [-0.25, -0.2) is 0 Å². The van der Waals surface area contributed by atoms with Crippen molar-refractivity contribution in [3.8, 4) is 5.75 Å². The fourth-order valence-corrected chi connectivity index (χ4v) is 3.27. The van der Waals surface area contributed by atoms with Crippen LogP contribution in [0.25, 0.3) is 0 Å². The van der Waals surface area contributed by atoms with Gasteiger partial charge >= 0.3 is 0 Å². The first kappa shape index (κ1) is 12.9. The highest BCUT2D eigenvalue weighted by molar-refractivity contribution is 5.30. The highest BCUT2D eigenvalue weighted by Crippen LogP contribution is 2.40. The van der Waals surface area contributed by atoms with Crippen molar-refractivity contribution in [2.24, 2.45) is 5.92 Å². The molecule has 19 heavy (non-hydrogen) atoms. The lowest BCUT2D eigenvalue weighted by Crippen LogP contribution is -2.31. The first-order valence-electron chi connectivity index (χ1n) is 7.60. The van der Waals surface area contributed by atoms with Crippen molar-refractivity contribution in [3.05, 3.63) is 24.0 Å². The van der Waals surface area contributed by atoms with Crippen LogP contribution in [0, 0.1) is 5.92 Å². The SMILES string of the molecule is COc1cccnc1C1CCCCC1CNC1CC1. The molecule has 2 aliphatic rings. The lowest BCUT2D eigenvalue weighted by Gasteiger charge is -2.32. The van der Waals surface area contributed by atoms with Crippen LogP contribution in [-0.4, -0.2) is 24.7 Å². The maximum absolute atomic E-state index is 5.50. The van der Waals surface area contributed by atoms with Crippen molar-refractivity contribution < 1.29 is 4.74 Å². The largest absolute Gasteiger partial charge is 0.495 e. The molecule has 0 amide bonds. The second-order valence-corrected chi connectivity index (χ2v) is 5.92. The average Bonchev–Trinajstić information content (AvgIpc) is 3.29. The summed E-state index contributed by atoms with van der Waals surface area (Å²) in [6.45, 7) is 1.15. The predicted molar refractivity (Wildman–Crippen MR) is 76.5 cm³/mol. The summed E-state index contributed by atoms with van der Waals surface area (Å²) in [4.78, 5) is 4.61. The molecular weight excluding hydrogens is 236 g/mol. The van der Waals surface area contributed by atoms with Crippen molar-refractivity contribution >= 4 is 0 Å². The average molecular weight is 260 g/mol. The number of hydrogen-bond donors (Lipinski definition) is 1. The van der Waals surface area contributed by atoms with Gasteiger partial charge in [-0.15, -0.1) is 0 Å². The Balaban J connectivity index is 1.74. The van der Waals surface area contributed by atoms with Gasteiger partial charge in [0.1, 0.15) is 5.75 Å². The van der Waals surface area contributed by atoms with E-state index in [-0.39, 0.29) is 0 Å². The molecule has 0 saturated heterocycles. The summed E-state index contributed by atoms with van der Waals surface area (Å²) in [5.41, 5.74) is 1.17. The second-order valence-electron chi connectivity index (χ2n) is 5.92. The van der Waals surface area contributed by atoms with Gasteiger partial charge in [0.15, 0.2) is 0 Å². The Hall–Kier alpha value is -1.09. The van der Waals surface area contributed by atoms with Gasteiger partial charge in [0.05, 0.1) is 12.8 Å². The Kier molecular flexibility index (Phi) is 4.02. The first-order chi connectivity index (χ1) is 9.38. The van der Waals surface area contributed by atoms with Gasteiger partial charge in [-0.3, -0.25) is 4.98 Å². The molecule has 2 unspecified atom stereocenters. The summed E-state index contributed by atoms with van der Waals surface area (Å²) in [5.74, 6) is 2.25. The van der Waals surface area contributed by atoms with Crippen molar-refractivity contribution in [1.82, 2.24) is 10.3 Å². The number of nitrogens with one attached hydrogen (secondary N) is 1. The first-order valence-corrected chi connectivity index (χ1v) is 7.60. The lowest BCUT2D eigenvalue weighted by molar-refractivity contribution is 0.282. The van der Waals surface area contributed by atoms with Gasteiger partial charge in [0, 0.05) is 18.2 Å². The molecule has 2 atom stereocenters. The monoisotopic (exact) mass is 260 g/mol. The molecule has 0 radical (unpaired) electrons. The summed E-state index contributed by atoms with van der Waals surface area (Å²) < 4.78 is 5.50. The normalized spacial score (nSPS) is 27.2. The molecule has 3 rings (SSSR count). The van der Waals surface area contributed by atoms with Gasteiger partial charge < -0.3 is 10.1 Å². The molecule has 0 spiro atoms. The van der Waals surface area contributed by atoms with Gasteiger partial charge in [0.25, 0.3) is 0 Å². The highest BCUT2D eigenvalue weighted by Gasteiger charge is 2.31. The Morgan fingerprint density at radius 1 is 1.26 bits per heavy atom. The molecule has 1 aromatic heterocycles. The third kappa shape index (κ3) is 3.08. The van der Waals surface area contributed by atoms with Crippen LogP contribution in [0.2, 0.25) is 0 Å². The molecule has 1 N–H and O–H groups in total. The molecule has 2 saturated carbocycles. The van der Waals surface area contributed by atoms with Gasteiger partial charge in [-0.1, -0.05) is 12.8 Å². The zero-order chi connectivity index (χ0) is 13.1. The van der Waals surface area contributed by atoms with E-state index >= 15 is 0 Å². The van der Waals surface area contributed by atoms with Gasteiger partial charge in [-0.2, -0.15) is 0 Å². The van der Waals surface area contributed by atoms with Crippen molar-refractivity contribution in [2.75, 3.05) is 13.7 Å². The number of nitrogens with zero attached hydrogens (tertiary/aromatic N) is 1. The van der Waals surface area contributed by atoms with E-state index < -0.39 is 0 Å².